The normalized spacial score (nSPS) is 15.7. The van der Waals surface area contributed by atoms with Crippen molar-refractivity contribution in [1.82, 2.24) is 29.1 Å². The van der Waals surface area contributed by atoms with E-state index in [1.54, 1.807) is 32.4 Å². The zero-order chi connectivity index (χ0) is 18.5. The number of nitrogens with zero attached hydrogens (tertiary/aromatic N) is 6. The maximum absolute atomic E-state index is 4.57. The summed E-state index contributed by atoms with van der Waals surface area (Å²) in [5, 5.41) is 12.7. The first-order valence-corrected chi connectivity index (χ1v) is 10.6. The summed E-state index contributed by atoms with van der Waals surface area (Å²) in [6.07, 6.45) is 24.9. The van der Waals surface area contributed by atoms with Crippen LogP contribution in [0.25, 0.3) is 0 Å². The van der Waals surface area contributed by atoms with E-state index in [9.17, 15) is 0 Å². The molecular formula is C17H21BClN6Ru. The van der Waals surface area contributed by atoms with Crippen LogP contribution in [0.5, 0.6) is 0 Å². The minimum absolute atomic E-state index is 0.194. The molecule has 1 aliphatic carbocycles. The van der Waals surface area contributed by atoms with E-state index in [4.69, 9.17) is 0 Å². The molecule has 0 saturated carbocycles. The summed E-state index contributed by atoms with van der Waals surface area (Å²) in [5.41, 5.74) is 0. The second-order valence-corrected chi connectivity index (χ2v) is 5.40. The molecule has 0 fully saturated rings. The second kappa shape index (κ2) is 12.4. The molecule has 0 aromatic carbocycles. The van der Waals surface area contributed by atoms with Crippen molar-refractivity contribution < 1.29 is 17.3 Å². The molecule has 0 N–H and O–H groups in total. The summed E-state index contributed by atoms with van der Waals surface area (Å²) < 4.78 is 5.38. The monoisotopic (exact) mass is 457 g/mol. The number of allylic oxidation sites excluding steroid dienone is 4. The molecule has 0 amide bonds. The summed E-state index contributed by atoms with van der Waals surface area (Å²) in [6.45, 7) is 0. The van der Waals surface area contributed by atoms with Crippen LogP contribution in [0.15, 0.2) is 79.7 Å². The van der Waals surface area contributed by atoms with Gasteiger partial charge in [0, 0.05) is 18.6 Å². The molecule has 4 rings (SSSR count). The van der Waals surface area contributed by atoms with E-state index < -0.39 is 0 Å². The Morgan fingerprint density at radius 1 is 0.615 bits per heavy atom. The Balaban J connectivity index is 0.000000206. The largest absolute Gasteiger partial charge is 0.425 e. The van der Waals surface area contributed by atoms with Crippen molar-refractivity contribution in [2.24, 2.45) is 0 Å². The summed E-state index contributed by atoms with van der Waals surface area (Å²) >= 11 is 1.82. The first-order chi connectivity index (χ1) is 12.9. The summed E-state index contributed by atoms with van der Waals surface area (Å²) in [7, 11) is 4.37. The van der Waals surface area contributed by atoms with Crippen LogP contribution >= 0.6 is 9.69 Å². The van der Waals surface area contributed by atoms with E-state index >= 15 is 0 Å². The van der Waals surface area contributed by atoms with Gasteiger partial charge in [0.1, 0.15) is 0 Å². The molecular weight excluding hydrogens is 436 g/mol. The zero-order valence-electron chi connectivity index (χ0n) is 14.3. The molecule has 6 nitrogen and oxygen atoms in total. The molecule has 3 aromatic heterocycles. The maximum Gasteiger partial charge on any atom is 0.260 e. The fourth-order valence-electron chi connectivity index (χ4n) is 2.47. The van der Waals surface area contributed by atoms with Crippen LogP contribution in [0, 0.1) is 0 Å². The molecule has 0 bridgehead atoms. The van der Waals surface area contributed by atoms with Gasteiger partial charge in [-0.15, -0.1) is 0 Å². The fourth-order valence-corrected chi connectivity index (χ4v) is 2.47. The molecule has 0 unspecified atom stereocenters. The van der Waals surface area contributed by atoms with Crippen LogP contribution in [0.3, 0.4) is 0 Å². The minimum Gasteiger partial charge on any atom is -0.425 e. The van der Waals surface area contributed by atoms with Gasteiger partial charge in [-0.05, 0) is 62.5 Å². The smallest absolute Gasteiger partial charge is 0.260 e. The van der Waals surface area contributed by atoms with E-state index in [1.807, 2.05) is 54.1 Å². The third kappa shape index (κ3) is 6.43. The van der Waals surface area contributed by atoms with Crippen molar-refractivity contribution in [3.8, 4) is 0 Å². The van der Waals surface area contributed by atoms with Crippen molar-refractivity contribution in [1.29, 1.82) is 0 Å². The maximum atomic E-state index is 4.57. The first-order valence-electron chi connectivity index (χ1n) is 8.36. The molecule has 1 radical (unpaired) electrons. The van der Waals surface area contributed by atoms with Crippen LogP contribution in [0.2, 0.25) is 0 Å². The zero-order valence-corrected chi connectivity index (χ0v) is 16.8. The van der Waals surface area contributed by atoms with Crippen molar-refractivity contribution in [3.05, 3.63) is 79.7 Å². The van der Waals surface area contributed by atoms with Crippen LogP contribution < -0.4 is 0 Å². The predicted molar refractivity (Wildman–Crippen MR) is 101 cm³/mol. The molecule has 0 spiro atoms. The summed E-state index contributed by atoms with van der Waals surface area (Å²) in [5.74, 6) is 0. The molecule has 26 heavy (non-hydrogen) atoms. The average Bonchev–Trinajstić information content (AvgIpc) is 3.42. The molecule has 3 heterocycles. The third-order valence-corrected chi connectivity index (χ3v) is 3.62. The summed E-state index contributed by atoms with van der Waals surface area (Å²) in [6, 6.07) is 5.62. The number of rotatable bonds is 3. The molecule has 1 aliphatic rings. The van der Waals surface area contributed by atoms with Gasteiger partial charge >= 0.3 is 27.0 Å². The Labute approximate surface area is 168 Å². The van der Waals surface area contributed by atoms with Crippen molar-refractivity contribution in [3.63, 3.8) is 0 Å². The Kier molecular flexibility index (Phi) is 9.76. The molecule has 3 aromatic rings. The van der Waals surface area contributed by atoms with Crippen molar-refractivity contribution >= 4 is 16.8 Å². The third-order valence-electron chi connectivity index (χ3n) is 3.62. The first kappa shape index (κ1) is 20.4. The van der Waals surface area contributed by atoms with Crippen molar-refractivity contribution in [2.75, 3.05) is 0 Å². The Hall–Kier alpha value is -1.91. The van der Waals surface area contributed by atoms with Crippen LogP contribution in [-0.2, 0) is 17.3 Å². The number of hydrogen-bond donors (Lipinski definition) is 0. The number of aromatic nitrogens is 6. The van der Waals surface area contributed by atoms with E-state index in [2.05, 4.69) is 49.3 Å². The van der Waals surface area contributed by atoms with Crippen LogP contribution in [-0.4, -0.2) is 36.2 Å². The van der Waals surface area contributed by atoms with Gasteiger partial charge in [0.2, 0.25) is 0 Å². The quantitative estimate of drug-likeness (QED) is 0.447. The number of halogens is 1. The topological polar surface area (TPSA) is 53.5 Å². The Morgan fingerprint density at radius 2 is 0.923 bits per heavy atom. The van der Waals surface area contributed by atoms with Gasteiger partial charge in [0.25, 0.3) is 7.12 Å². The molecule has 137 valence electrons. The Bertz CT molecular complexity index is 633. The number of hydrogen-bond acceptors (Lipinski definition) is 3. The predicted octanol–water partition coefficient (Wildman–Crippen LogP) is 3.57. The van der Waals surface area contributed by atoms with Gasteiger partial charge in [-0.1, -0.05) is 24.3 Å². The van der Waals surface area contributed by atoms with Crippen LogP contribution in [0.4, 0.5) is 0 Å². The van der Waals surface area contributed by atoms with Gasteiger partial charge in [-0.3, -0.25) is 0 Å². The molecule has 0 atom stereocenters. The summed E-state index contributed by atoms with van der Waals surface area (Å²) in [4.78, 5) is 0. The fraction of sp³-hybridized carbons (Fsp3) is 0.235. The minimum atomic E-state index is -0.194. The van der Waals surface area contributed by atoms with Crippen molar-refractivity contribution in [2.45, 2.75) is 25.7 Å². The van der Waals surface area contributed by atoms with Crippen LogP contribution in [0.1, 0.15) is 25.7 Å². The standard InChI is InChI=1S/C9H9BN6.C8H12.ClH.Ru/c1-4-11-14(7-1)10(15-8-2-5-12-15)16-9-3-6-13-16;1-2-4-6-8-7-5-3-1;;/h1-9H;1-2,7-8H,3-6H2;1H;/q-1;;;+2/p-1/b;2-1-,8-7-;;. The van der Waals surface area contributed by atoms with E-state index in [0.29, 0.717) is 0 Å². The van der Waals surface area contributed by atoms with Gasteiger partial charge in [-0.25, -0.2) is 15.3 Å². The van der Waals surface area contributed by atoms with Gasteiger partial charge in [0.05, 0.1) is 0 Å². The van der Waals surface area contributed by atoms with Gasteiger partial charge < -0.3 is 13.8 Å². The van der Waals surface area contributed by atoms with E-state index in [-0.39, 0.29) is 7.12 Å². The van der Waals surface area contributed by atoms with E-state index in [0.717, 1.165) is 0 Å². The molecule has 9 heteroatoms. The Morgan fingerprint density at radius 3 is 1.15 bits per heavy atom. The molecule has 0 aliphatic heterocycles. The SMILES string of the molecule is C1=C\CC/C=C\CC/1.[Cl][Ru+].c1cnn([B-](n2cccn2)n2cccn2)c1. The van der Waals surface area contributed by atoms with Gasteiger partial charge in [-0.2, -0.15) is 0 Å². The second-order valence-electron chi connectivity index (χ2n) is 5.40. The molecule has 0 saturated heterocycles. The van der Waals surface area contributed by atoms with Gasteiger partial charge in [0.15, 0.2) is 0 Å². The average molecular weight is 457 g/mol. The van der Waals surface area contributed by atoms with E-state index in [1.165, 1.54) is 25.7 Å².